The minimum atomic E-state index is -0.362. The van der Waals surface area contributed by atoms with Gasteiger partial charge in [-0.25, -0.2) is 0 Å². The van der Waals surface area contributed by atoms with E-state index in [9.17, 15) is 8.78 Å². The van der Waals surface area contributed by atoms with Crippen LogP contribution in [0.15, 0.2) is 109 Å². The zero-order valence-corrected chi connectivity index (χ0v) is 28.4. The molecule has 4 nitrogen and oxygen atoms in total. The number of anilines is 2. The first-order chi connectivity index (χ1) is 21.8. The maximum absolute atomic E-state index is 14.0. The van der Waals surface area contributed by atoms with Gasteiger partial charge in [-0.2, -0.15) is 8.96 Å². The minimum Gasteiger partial charge on any atom is -0.374 e. The van der Waals surface area contributed by atoms with E-state index >= 15 is 0 Å². The Morgan fingerprint density at radius 1 is 0.844 bits per heavy atom. The molecule has 0 unspecified atom stereocenters. The van der Waals surface area contributed by atoms with Gasteiger partial charge in [0.15, 0.2) is 12.1 Å². The van der Waals surface area contributed by atoms with Crippen molar-refractivity contribution in [2.45, 2.75) is 20.4 Å². The van der Waals surface area contributed by atoms with Crippen molar-refractivity contribution in [2.75, 3.05) is 55.0 Å². The monoisotopic (exact) mass is 647 g/mol. The van der Waals surface area contributed by atoms with Gasteiger partial charge in [0.2, 0.25) is 0 Å². The third kappa shape index (κ3) is 12.6. The maximum atomic E-state index is 14.0. The normalized spacial score (nSPS) is 12.2. The van der Waals surface area contributed by atoms with Crippen molar-refractivity contribution in [1.82, 2.24) is 5.32 Å². The first kappa shape index (κ1) is 35.7. The Labute approximate surface area is 276 Å². The summed E-state index contributed by atoms with van der Waals surface area (Å²) in [5.74, 6) is 1.47. The molecule has 3 aromatic rings. The predicted molar refractivity (Wildman–Crippen MR) is 196 cm³/mol. The average Bonchev–Trinajstić information content (AvgIpc) is 3.04. The number of allylic oxidation sites excluding steroid dienone is 5. The number of pyridine rings is 1. The smallest absolute Gasteiger partial charge is 0.360 e. The van der Waals surface area contributed by atoms with Gasteiger partial charge in [-0.15, -0.1) is 4.39 Å². The number of aryl methyl sites for hydroxylation is 1. The number of benzene rings is 2. The van der Waals surface area contributed by atoms with E-state index in [1.807, 2.05) is 65.8 Å². The molecule has 2 aromatic carbocycles. The quantitative estimate of drug-likeness (QED) is 0.0371. The summed E-state index contributed by atoms with van der Waals surface area (Å²) in [5.41, 5.74) is 6.05. The third-order valence-corrected chi connectivity index (χ3v) is 9.37. The van der Waals surface area contributed by atoms with Gasteiger partial charge >= 0.3 is 5.95 Å². The maximum Gasteiger partial charge on any atom is 0.360 e. The Morgan fingerprint density at radius 2 is 1.40 bits per heavy atom. The van der Waals surface area contributed by atoms with Crippen LogP contribution >= 0.6 is 21.6 Å². The fourth-order valence-corrected chi connectivity index (χ4v) is 6.41. The summed E-state index contributed by atoms with van der Waals surface area (Å²) >= 11 is 0. The molecule has 0 atom stereocenters. The summed E-state index contributed by atoms with van der Waals surface area (Å²) < 4.78 is 29.4. The Hall–Kier alpha value is -3.75. The lowest BCUT2D eigenvalue weighted by atomic mass is 10.1. The second kappa shape index (κ2) is 19.6. The zero-order chi connectivity index (χ0) is 32.4. The highest BCUT2D eigenvalue weighted by atomic mass is 33.1. The van der Waals surface area contributed by atoms with Gasteiger partial charge in [0.1, 0.15) is 6.54 Å². The molecule has 0 bridgehead atoms. The highest BCUT2D eigenvalue weighted by molar-refractivity contribution is 8.76. The summed E-state index contributed by atoms with van der Waals surface area (Å²) in [4.78, 5) is 4.53. The highest BCUT2D eigenvalue weighted by Crippen LogP contribution is 2.24. The standard InChI is InChI=1S/C37H45F2N4S2/c1-6-9-32(28-36(38)40-7-2)12-10-30-14-18-34(19-15-30)41(4)24-26-44-45-27-25-42(5)35-20-16-31(17-21-35)11-13-33-22-23-43(8-3)37(39)29-33/h6,9-23,28-29,40H,1,7-8,24-27H2,2-5H3/q+1/b12-10+,32-9-,36-28-. The van der Waals surface area contributed by atoms with E-state index in [2.05, 4.69) is 84.3 Å². The molecule has 8 heteroatoms. The fraction of sp³-hybridized carbons (Fsp3) is 0.270. The largest absolute Gasteiger partial charge is 0.374 e. The number of rotatable bonds is 18. The minimum absolute atomic E-state index is 0.226. The van der Waals surface area contributed by atoms with Gasteiger partial charge in [0, 0.05) is 68.7 Å². The molecular weight excluding hydrogens is 603 g/mol. The molecule has 0 aliphatic heterocycles. The van der Waals surface area contributed by atoms with Crippen LogP contribution in [0.4, 0.5) is 20.2 Å². The number of hydrogen-bond acceptors (Lipinski definition) is 5. The summed E-state index contributed by atoms with van der Waals surface area (Å²) in [6.45, 7) is 10.6. The van der Waals surface area contributed by atoms with Crippen molar-refractivity contribution < 1.29 is 13.3 Å². The highest BCUT2D eigenvalue weighted by Gasteiger charge is 2.07. The molecule has 0 amide bonds. The molecule has 0 radical (unpaired) electrons. The van der Waals surface area contributed by atoms with Gasteiger partial charge in [0.05, 0.1) is 0 Å². The number of hydrogen-bond donors (Lipinski definition) is 1. The first-order valence-electron chi connectivity index (χ1n) is 15.2. The summed E-state index contributed by atoms with van der Waals surface area (Å²) in [7, 11) is 8.02. The first-order valence-corrected chi connectivity index (χ1v) is 17.7. The van der Waals surface area contributed by atoms with Crippen LogP contribution in [0, 0.1) is 5.95 Å². The van der Waals surface area contributed by atoms with Crippen LogP contribution in [0.25, 0.3) is 18.2 Å². The van der Waals surface area contributed by atoms with Gasteiger partial charge in [-0.05, 0) is 66.5 Å². The van der Waals surface area contributed by atoms with E-state index in [0.29, 0.717) is 13.1 Å². The molecule has 1 aromatic heterocycles. The van der Waals surface area contributed by atoms with Crippen molar-refractivity contribution in [1.29, 1.82) is 0 Å². The second-order valence-corrected chi connectivity index (χ2v) is 13.0. The van der Waals surface area contributed by atoms with Gasteiger partial charge in [-0.1, -0.05) is 88.9 Å². The lowest BCUT2D eigenvalue weighted by molar-refractivity contribution is -0.720. The molecule has 1 N–H and O–H groups in total. The molecule has 0 saturated carbocycles. The van der Waals surface area contributed by atoms with Crippen molar-refractivity contribution in [3.63, 3.8) is 0 Å². The Bertz CT molecular complexity index is 1460. The molecule has 1 heterocycles. The van der Waals surface area contributed by atoms with Crippen LogP contribution in [0.1, 0.15) is 30.5 Å². The number of nitrogens with zero attached hydrogens (tertiary/aromatic N) is 3. The van der Waals surface area contributed by atoms with Crippen LogP contribution in [0.3, 0.4) is 0 Å². The van der Waals surface area contributed by atoms with Crippen LogP contribution in [0.5, 0.6) is 0 Å². The van der Waals surface area contributed by atoms with Gasteiger partial charge in [0.25, 0.3) is 0 Å². The molecule has 0 saturated heterocycles. The SMILES string of the molecule is C=C/C=C(/C=C/c1ccc(N(C)CCSSCCN(C)c2ccc(/C=C/c3cc[n+](CC)c(F)c3)cc2)cc1)\C=C(\F)NCC. The topological polar surface area (TPSA) is 22.4 Å². The van der Waals surface area contributed by atoms with E-state index in [1.54, 1.807) is 29.0 Å². The zero-order valence-electron chi connectivity index (χ0n) is 26.8. The van der Waals surface area contributed by atoms with Crippen LogP contribution < -0.4 is 19.7 Å². The van der Waals surface area contributed by atoms with Crippen LogP contribution in [0.2, 0.25) is 0 Å². The lowest BCUT2D eigenvalue weighted by Crippen LogP contribution is -2.36. The van der Waals surface area contributed by atoms with E-state index < -0.39 is 0 Å². The Morgan fingerprint density at radius 3 is 1.91 bits per heavy atom. The lowest BCUT2D eigenvalue weighted by Gasteiger charge is -2.20. The summed E-state index contributed by atoms with van der Waals surface area (Å²) in [6, 6.07) is 20.3. The molecule has 238 valence electrons. The fourth-order valence-electron chi connectivity index (χ4n) is 4.32. The van der Waals surface area contributed by atoms with Crippen molar-refractivity contribution in [3.8, 4) is 0 Å². The van der Waals surface area contributed by atoms with Crippen molar-refractivity contribution in [2.24, 2.45) is 0 Å². The molecule has 0 fully saturated rings. The van der Waals surface area contributed by atoms with Crippen LogP contribution in [-0.4, -0.2) is 45.2 Å². The molecule has 3 rings (SSSR count). The molecule has 0 aliphatic carbocycles. The predicted octanol–water partition coefficient (Wildman–Crippen LogP) is 8.80. The van der Waals surface area contributed by atoms with E-state index in [0.717, 1.165) is 52.5 Å². The van der Waals surface area contributed by atoms with E-state index in [-0.39, 0.29) is 11.9 Å². The Balaban J connectivity index is 1.36. The second-order valence-electron chi connectivity index (χ2n) is 10.3. The number of aromatic nitrogens is 1. The summed E-state index contributed by atoms with van der Waals surface area (Å²) in [6.07, 6.45) is 14.5. The molecule has 0 spiro atoms. The molecule has 45 heavy (non-hydrogen) atoms. The molecular formula is C37H45F2N4S2+. The number of halogens is 2. The van der Waals surface area contributed by atoms with E-state index in [1.165, 1.54) is 11.8 Å². The van der Waals surface area contributed by atoms with Crippen molar-refractivity contribution in [3.05, 3.63) is 132 Å². The number of nitrogens with one attached hydrogen (secondary N) is 1. The molecule has 0 aliphatic rings. The van der Waals surface area contributed by atoms with Gasteiger partial charge in [-0.3, -0.25) is 0 Å². The van der Waals surface area contributed by atoms with Crippen molar-refractivity contribution >= 4 is 51.2 Å². The van der Waals surface area contributed by atoms with Crippen LogP contribution in [-0.2, 0) is 6.54 Å². The van der Waals surface area contributed by atoms with Gasteiger partial charge < -0.3 is 15.1 Å². The summed E-state index contributed by atoms with van der Waals surface area (Å²) in [5, 5.41) is 2.67. The average molecular weight is 648 g/mol. The third-order valence-electron chi connectivity index (χ3n) is 7.00. The van der Waals surface area contributed by atoms with E-state index in [4.69, 9.17) is 0 Å². The Kier molecular flexibility index (Phi) is 15.6.